The van der Waals surface area contributed by atoms with Crippen LogP contribution in [0.2, 0.25) is 0 Å². The Labute approximate surface area is 178 Å². The van der Waals surface area contributed by atoms with E-state index < -0.39 is 0 Å². The van der Waals surface area contributed by atoms with Gasteiger partial charge in [-0.2, -0.15) is 0 Å². The molecule has 0 aliphatic carbocycles. The maximum atomic E-state index is 3.78. The fourth-order valence-electron chi connectivity index (χ4n) is 3.86. The number of nitrogens with zero attached hydrogens (tertiary/aromatic N) is 2. The zero-order valence-electron chi connectivity index (χ0n) is 16.8. The molecule has 30 heavy (non-hydrogen) atoms. The lowest BCUT2D eigenvalue weighted by Crippen LogP contribution is -2.36. The summed E-state index contributed by atoms with van der Waals surface area (Å²) in [7, 11) is 0. The standard InChI is InChI=1S/C23H19N.C5H5N/c1-4-12-20(13-5-1)23(24-18-10-11-19-24,21-14-6-2-7-15-21)22-16-8-3-9-17-22;1-2-4-6-5-3-1/h1-19H;1-5H. The third-order valence-corrected chi connectivity index (χ3v) is 5.13. The molecule has 5 aromatic rings. The number of hydrogen-bond acceptors (Lipinski definition) is 1. The lowest BCUT2D eigenvalue weighted by molar-refractivity contribution is 0.518. The predicted octanol–water partition coefficient (Wildman–Crippen LogP) is 6.41. The van der Waals surface area contributed by atoms with Crippen LogP contribution in [-0.4, -0.2) is 9.55 Å². The van der Waals surface area contributed by atoms with Gasteiger partial charge < -0.3 is 4.57 Å². The first kappa shape index (κ1) is 19.4. The molecular formula is C28H24N2. The van der Waals surface area contributed by atoms with Crippen molar-refractivity contribution in [1.29, 1.82) is 0 Å². The molecule has 0 saturated carbocycles. The van der Waals surface area contributed by atoms with Crippen molar-refractivity contribution >= 4 is 0 Å². The van der Waals surface area contributed by atoms with Crippen molar-refractivity contribution in [2.24, 2.45) is 0 Å². The first-order valence-corrected chi connectivity index (χ1v) is 10.1. The molecule has 0 fully saturated rings. The fourth-order valence-corrected chi connectivity index (χ4v) is 3.86. The molecule has 0 unspecified atom stereocenters. The van der Waals surface area contributed by atoms with Gasteiger partial charge in [0, 0.05) is 24.8 Å². The van der Waals surface area contributed by atoms with Gasteiger partial charge in [-0.25, -0.2) is 0 Å². The van der Waals surface area contributed by atoms with Crippen LogP contribution in [0.25, 0.3) is 0 Å². The van der Waals surface area contributed by atoms with Crippen LogP contribution in [0.15, 0.2) is 146 Å². The van der Waals surface area contributed by atoms with Gasteiger partial charge in [-0.1, -0.05) is 97.1 Å². The Morgan fingerprint density at radius 3 is 1.10 bits per heavy atom. The predicted molar refractivity (Wildman–Crippen MR) is 123 cm³/mol. The van der Waals surface area contributed by atoms with E-state index in [4.69, 9.17) is 0 Å². The highest BCUT2D eigenvalue weighted by atomic mass is 15.0. The van der Waals surface area contributed by atoms with Gasteiger partial charge in [0.05, 0.1) is 0 Å². The van der Waals surface area contributed by atoms with Crippen molar-refractivity contribution in [2.45, 2.75) is 5.54 Å². The molecule has 146 valence electrons. The van der Waals surface area contributed by atoms with Gasteiger partial charge in [0.2, 0.25) is 0 Å². The monoisotopic (exact) mass is 388 g/mol. The molecule has 5 rings (SSSR count). The van der Waals surface area contributed by atoms with Gasteiger partial charge in [0.1, 0.15) is 5.54 Å². The van der Waals surface area contributed by atoms with E-state index in [0.717, 1.165) is 0 Å². The maximum absolute atomic E-state index is 3.78. The minimum absolute atomic E-state index is 0.382. The first-order chi connectivity index (χ1) is 14.9. The molecule has 2 nitrogen and oxygen atoms in total. The third kappa shape index (κ3) is 3.94. The van der Waals surface area contributed by atoms with Crippen molar-refractivity contribution in [3.05, 3.63) is 163 Å². The van der Waals surface area contributed by atoms with Gasteiger partial charge in [-0.3, -0.25) is 4.98 Å². The van der Waals surface area contributed by atoms with E-state index in [-0.39, 0.29) is 5.54 Å². The molecule has 2 heteroatoms. The molecule has 2 aromatic heterocycles. The number of aromatic nitrogens is 2. The van der Waals surface area contributed by atoms with Crippen molar-refractivity contribution in [3.8, 4) is 0 Å². The molecular weight excluding hydrogens is 364 g/mol. The molecule has 2 heterocycles. The molecule has 0 spiro atoms. The van der Waals surface area contributed by atoms with Gasteiger partial charge in [0.25, 0.3) is 0 Å². The highest BCUT2D eigenvalue weighted by Gasteiger charge is 2.37. The normalized spacial score (nSPS) is 10.7. The molecule has 0 saturated heterocycles. The molecule has 0 N–H and O–H groups in total. The molecule has 0 aliphatic heterocycles. The van der Waals surface area contributed by atoms with Gasteiger partial charge in [0.15, 0.2) is 0 Å². The smallest absolute Gasteiger partial charge is 0.120 e. The van der Waals surface area contributed by atoms with Crippen LogP contribution in [0.5, 0.6) is 0 Å². The van der Waals surface area contributed by atoms with Crippen LogP contribution in [-0.2, 0) is 5.54 Å². The van der Waals surface area contributed by atoms with Gasteiger partial charge in [-0.15, -0.1) is 0 Å². The van der Waals surface area contributed by atoms with Gasteiger partial charge in [-0.05, 0) is 41.0 Å². The minimum Gasteiger partial charge on any atom is -0.336 e. The minimum atomic E-state index is -0.382. The lowest BCUT2D eigenvalue weighted by Gasteiger charge is -2.37. The highest BCUT2D eigenvalue weighted by molar-refractivity contribution is 5.50. The van der Waals surface area contributed by atoms with E-state index in [0.29, 0.717) is 0 Å². The van der Waals surface area contributed by atoms with E-state index in [1.165, 1.54) is 16.7 Å². The second kappa shape index (κ2) is 9.53. The van der Waals surface area contributed by atoms with Crippen molar-refractivity contribution in [3.63, 3.8) is 0 Å². The summed E-state index contributed by atoms with van der Waals surface area (Å²) in [5, 5.41) is 0. The Morgan fingerprint density at radius 1 is 0.433 bits per heavy atom. The number of pyridine rings is 1. The number of rotatable bonds is 4. The summed E-state index contributed by atoms with van der Waals surface area (Å²) in [5.41, 5.74) is 3.36. The number of benzene rings is 3. The van der Waals surface area contributed by atoms with Crippen LogP contribution in [0.1, 0.15) is 16.7 Å². The van der Waals surface area contributed by atoms with E-state index in [1.807, 2.05) is 18.2 Å². The Kier molecular flexibility index (Phi) is 6.16. The van der Waals surface area contributed by atoms with E-state index in [2.05, 4.69) is 125 Å². The highest BCUT2D eigenvalue weighted by Crippen LogP contribution is 2.40. The summed E-state index contributed by atoms with van der Waals surface area (Å²) in [4.78, 5) is 3.78. The zero-order chi connectivity index (χ0) is 20.5. The Bertz CT molecular complexity index is 981. The summed E-state index contributed by atoms with van der Waals surface area (Å²) in [6.45, 7) is 0. The Hall–Kier alpha value is -3.91. The van der Waals surface area contributed by atoms with E-state index in [1.54, 1.807) is 12.4 Å². The summed E-state index contributed by atoms with van der Waals surface area (Å²) in [6.07, 6.45) is 7.79. The lowest BCUT2D eigenvalue weighted by atomic mass is 9.77. The van der Waals surface area contributed by atoms with Crippen LogP contribution in [0, 0.1) is 0 Å². The third-order valence-electron chi connectivity index (χ3n) is 5.13. The molecule has 3 aromatic carbocycles. The average Bonchev–Trinajstić information content (AvgIpc) is 3.39. The second-order valence-corrected chi connectivity index (χ2v) is 6.92. The summed E-state index contributed by atoms with van der Waals surface area (Å²) in [5.74, 6) is 0. The Morgan fingerprint density at radius 2 is 0.800 bits per heavy atom. The van der Waals surface area contributed by atoms with Crippen LogP contribution in [0.3, 0.4) is 0 Å². The summed E-state index contributed by atoms with van der Waals surface area (Å²) < 4.78 is 2.30. The topological polar surface area (TPSA) is 17.8 Å². The maximum Gasteiger partial charge on any atom is 0.120 e. The summed E-state index contributed by atoms with van der Waals surface area (Å²) >= 11 is 0. The molecule has 0 radical (unpaired) electrons. The van der Waals surface area contributed by atoms with E-state index >= 15 is 0 Å². The Balaban J connectivity index is 0.000000313. The molecule has 0 aliphatic rings. The average molecular weight is 389 g/mol. The molecule has 0 bridgehead atoms. The SMILES string of the molecule is c1ccc(C(c2ccccc2)(c2ccccc2)n2cccc2)cc1.c1ccncc1. The van der Waals surface area contributed by atoms with Crippen molar-refractivity contribution < 1.29 is 0 Å². The largest absolute Gasteiger partial charge is 0.336 e. The van der Waals surface area contributed by atoms with Crippen molar-refractivity contribution in [1.82, 2.24) is 9.55 Å². The van der Waals surface area contributed by atoms with Crippen LogP contribution < -0.4 is 0 Å². The molecule has 0 amide bonds. The van der Waals surface area contributed by atoms with Crippen LogP contribution >= 0.6 is 0 Å². The zero-order valence-corrected chi connectivity index (χ0v) is 16.8. The quantitative estimate of drug-likeness (QED) is 0.325. The second-order valence-electron chi connectivity index (χ2n) is 6.92. The molecule has 0 atom stereocenters. The fraction of sp³-hybridized carbons (Fsp3) is 0.0357. The van der Waals surface area contributed by atoms with Crippen LogP contribution in [0.4, 0.5) is 0 Å². The first-order valence-electron chi connectivity index (χ1n) is 10.1. The van der Waals surface area contributed by atoms with Crippen molar-refractivity contribution in [2.75, 3.05) is 0 Å². The van der Waals surface area contributed by atoms with Gasteiger partial charge >= 0.3 is 0 Å². The number of hydrogen-bond donors (Lipinski definition) is 0. The van der Waals surface area contributed by atoms with E-state index in [9.17, 15) is 0 Å². The summed E-state index contributed by atoms with van der Waals surface area (Å²) in [6, 6.07) is 42.0.